The number of hydrogen-bond acceptors (Lipinski definition) is 0. The molecule has 0 radical (unpaired) electrons. The molecule has 0 fully saturated rings. The minimum Gasteiger partial charge on any atom is -0.310 e. The highest BCUT2D eigenvalue weighted by molar-refractivity contribution is 8.36. The zero-order chi connectivity index (χ0) is 42.4. The summed E-state index contributed by atoms with van der Waals surface area (Å²) in [6, 6.07) is 17.1. The molecule has 278 valence electrons. The van der Waals surface area contributed by atoms with Crippen LogP contribution in [0.5, 0.6) is 0 Å². The van der Waals surface area contributed by atoms with Crippen molar-refractivity contribution in [2.45, 2.75) is 81.5 Å². The Labute approximate surface area is 355 Å². The first kappa shape index (κ1) is 42.0. The van der Waals surface area contributed by atoms with Crippen molar-refractivity contribution in [3.05, 3.63) is 42.5 Å². The molecule has 0 bridgehead atoms. The van der Waals surface area contributed by atoms with Gasteiger partial charge in [-0.05, 0) is 66.3 Å². The number of hydrogen-bond donors (Lipinski definition) is 0. The molecule has 0 aliphatic carbocycles. The van der Waals surface area contributed by atoms with Gasteiger partial charge in [0.15, 0.2) is 0 Å². The lowest BCUT2D eigenvalue weighted by molar-refractivity contribution is 0.643. The predicted octanol–water partition coefficient (Wildman–Crippen LogP) is -8.46. The Kier molecular flexibility index (Phi) is 9.88. The normalized spacial score (nSPS) is 13.4. The Morgan fingerprint density at radius 2 is 0.754 bits per heavy atom. The molecule has 0 aliphatic heterocycles. The van der Waals surface area contributed by atoms with Crippen LogP contribution in [0.25, 0.3) is 55.0 Å². The molecule has 0 spiro atoms. The van der Waals surface area contributed by atoms with Crippen LogP contribution >= 0.6 is 10.0 Å². The lowest BCUT2D eigenvalue weighted by Crippen LogP contribution is -2.49. The zero-order valence-electron chi connectivity index (χ0n) is 39.3. The standard InChI is InChI=1S/C42H58B12N2S/c1-40(2,3)57(41(4,5)6,42(7,8)9)19-12-10-11-17(15-19)55-21-14-13-18(16-20(21)22-25(43)28(46)31(49)34(52)37(22)55)56-38-23(26(44)29(47)32(50)35(38)53)24-27(45)30(48)33(51)36(54)39(24)56/h10-16H,43-54H2,1-9H3. The van der Waals surface area contributed by atoms with E-state index >= 15 is 0 Å². The van der Waals surface area contributed by atoms with Crippen LogP contribution in [0.3, 0.4) is 0 Å². The van der Waals surface area contributed by atoms with Gasteiger partial charge in [-0.1, -0.05) is 118 Å². The summed E-state index contributed by atoms with van der Waals surface area (Å²) in [5.74, 6) is 0. The van der Waals surface area contributed by atoms with E-state index in [9.17, 15) is 0 Å². The van der Waals surface area contributed by atoms with Crippen LogP contribution in [-0.2, 0) is 0 Å². The molecule has 0 aliphatic rings. The van der Waals surface area contributed by atoms with Crippen molar-refractivity contribution in [3.63, 3.8) is 0 Å². The van der Waals surface area contributed by atoms with Crippen molar-refractivity contribution in [2.75, 3.05) is 0 Å². The van der Waals surface area contributed by atoms with E-state index in [4.69, 9.17) is 0 Å². The highest BCUT2D eigenvalue weighted by Crippen LogP contribution is 2.79. The SMILES string of the molecule is Bc1c(B)c(B)c2c(c1B)c1cc(-n3c4c(B)c(B)c(B)c(B)c4c4c(B)c(B)c(B)c(B)c43)ccc1n2-c1cccc(S(C(C)(C)C)(C(C)(C)C)C(C)(C)C)c1. The molecule has 0 amide bonds. The quantitative estimate of drug-likeness (QED) is 0.159. The van der Waals surface area contributed by atoms with Crippen LogP contribution in [0.1, 0.15) is 62.3 Å². The molecule has 15 heteroatoms. The van der Waals surface area contributed by atoms with Gasteiger partial charge in [-0.2, -0.15) is 10.0 Å². The number of aromatic nitrogens is 2. The van der Waals surface area contributed by atoms with Crippen LogP contribution in [-0.4, -0.2) is 118 Å². The highest BCUT2D eigenvalue weighted by Gasteiger charge is 2.54. The van der Waals surface area contributed by atoms with E-state index in [1.807, 2.05) is 0 Å². The van der Waals surface area contributed by atoms with Crippen LogP contribution in [0, 0.1) is 0 Å². The summed E-state index contributed by atoms with van der Waals surface area (Å²) in [7, 11) is 26.6. The Morgan fingerprint density at radius 1 is 0.386 bits per heavy atom. The topological polar surface area (TPSA) is 9.86 Å². The van der Waals surface area contributed by atoms with Crippen LogP contribution in [0.15, 0.2) is 47.4 Å². The van der Waals surface area contributed by atoms with E-state index in [2.05, 4.69) is 208 Å². The van der Waals surface area contributed by atoms with Crippen molar-refractivity contribution < 1.29 is 0 Å². The van der Waals surface area contributed by atoms with Gasteiger partial charge in [0.25, 0.3) is 0 Å². The zero-order valence-corrected chi connectivity index (χ0v) is 40.2. The summed E-state index contributed by atoms with van der Waals surface area (Å²) in [6.45, 7) is 22.4. The van der Waals surface area contributed by atoms with Crippen LogP contribution < -0.4 is 65.6 Å². The first-order valence-electron chi connectivity index (χ1n) is 21.2. The fourth-order valence-electron chi connectivity index (χ4n) is 12.1. The average Bonchev–Trinajstić information content (AvgIpc) is 3.65. The second-order valence-corrected chi connectivity index (χ2v) is 25.9. The van der Waals surface area contributed by atoms with E-state index < -0.39 is 10.0 Å². The number of benzene rings is 5. The number of fused-ring (bicyclic) bond motifs is 6. The molecule has 5 aromatic carbocycles. The Bertz CT molecular complexity index is 2770. The van der Waals surface area contributed by atoms with Gasteiger partial charge in [0.2, 0.25) is 0 Å². The van der Waals surface area contributed by atoms with Gasteiger partial charge >= 0.3 is 0 Å². The monoisotopic (exact) mass is 755 g/mol. The minimum absolute atomic E-state index is 0.0844. The molecular formula is C42H58B12N2S. The summed E-state index contributed by atoms with van der Waals surface area (Å²) >= 11 is 0. The fraction of sp³-hybridized carbons (Fsp3) is 0.286. The fourth-order valence-corrected chi connectivity index (χ4v) is 20.3. The molecule has 2 heterocycles. The van der Waals surface area contributed by atoms with Crippen molar-refractivity contribution in [1.82, 2.24) is 9.13 Å². The Morgan fingerprint density at radius 3 is 1.18 bits per heavy atom. The maximum Gasteiger partial charge on any atom is 0.141 e. The van der Waals surface area contributed by atoms with E-state index in [-0.39, 0.29) is 14.2 Å². The smallest absolute Gasteiger partial charge is 0.141 e. The molecule has 0 unspecified atom stereocenters. The van der Waals surface area contributed by atoms with Gasteiger partial charge < -0.3 is 9.13 Å². The Hall–Kier alpha value is -3.17. The summed E-state index contributed by atoms with van der Waals surface area (Å²) in [4.78, 5) is 1.50. The van der Waals surface area contributed by atoms with Crippen molar-refractivity contribution in [3.8, 4) is 11.4 Å². The molecular weight excluding hydrogens is 694 g/mol. The van der Waals surface area contributed by atoms with Crippen molar-refractivity contribution >= 4 is 213 Å². The number of nitrogens with zero attached hydrogens (tertiary/aromatic N) is 2. The first-order chi connectivity index (χ1) is 26.2. The lowest BCUT2D eigenvalue weighted by Gasteiger charge is -2.66. The summed E-state index contributed by atoms with van der Waals surface area (Å²) in [5.41, 5.74) is 24.5. The first-order valence-corrected chi connectivity index (χ1v) is 22.9. The lowest BCUT2D eigenvalue weighted by atomic mass is 9.63. The van der Waals surface area contributed by atoms with E-state index in [1.165, 1.54) is 125 Å². The maximum absolute atomic E-state index is 2.63. The van der Waals surface area contributed by atoms with E-state index in [0.717, 1.165) is 0 Å². The summed E-state index contributed by atoms with van der Waals surface area (Å²) in [6.07, 6.45) is 0. The van der Waals surface area contributed by atoms with E-state index in [0.29, 0.717) is 0 Å². The molecule has 7 aromatic rings. The second kappa shape index (κ2) is 13.4. The minimum atomic E-state index is -1.40. The van der Waals surface area contributed by atoms with Gasteiger partial charge in [-0.25, -0.2) is 0 Å². The van der Waals surface area contributed by atoms with Gasteiger partial charge in [0.05, 0.1) is 5.52 Å². The molecule has 0 N–H and O–H groups in total. The highest BCUT2D eigenvalue weighted by atomic mass is 32.3. The Balaban J connectivity index is 1.67. The van der Waals surface area contributed by atoms with Crippen LogP contribution in [0.4, 0.5) is 0 Å². The van der Waals surface area contributed by atoms with Gasteiger partial charge in [-0.15, -0.1) is 16.4 Å². The molecule has 0 saturated carbocycles. The van der Waals surface area contributed by atoms with Crippen LogP contribution in [0.2, 0.25) is 0 Å². The number of rotatable bonds is 3. The molecule has 57 heavy (non-hydrogen) atoms. The molecule has 2 nitrogen and oxygen atoms in total. The molecule has 7 rings (SSSR count). The molecule has 0 saturated heterocycles. The largest absolute Gasteiger partial charge is 0.310 e. The van der Waals surface area contributed by atoms with Gasteiger partial charge in [0.1, 0.15) is 94.2 Å². The third-order valence-electron chi connectivity index (χ3n) is 14.8. The molecule has 0 atom stereocenters. The van der Waals surface area contributed by atoms with Crippen molar-refractivity contribution in [1.29, 1.82) is 0 Å². The van der Waals surface area contributed by atoms with Crippen molar-refractivity contribution in [2.24, 2.45) is 0 Å². The second-order valence-electron chi connectivity index (χ2n) is 20.5. The summed E-state index contributed by atoms with van der Waals surface area (Å²) < 4.78 is 5.50. The van der Waals surface area contributed by atoms with E-state index in [1.54, 1.807) is 0 Å². The maximum atomic E-state index is 2.63. The third kappa shape index (κ3) is 5.55. The third-order valence-corrected chi connectivity index (χ3v) is 21.3. The summed E-state index contributed by atoms with van der Waals surface area (Å²) in [5, 5.41) is 5.52. The predicted molar refractivity (Wildman–Crippen MR) is 298 cm³/mol. The van der Waals surface area contributed by atoms with Gasteiger partial charge in [-0.3, -0.25) is 0 Å². The average molecular weight is 753 g/mol. The van der Waals surface area contributed by atoms with Gasteiger partial charge in [0, 0.05) is 38.7 Å². The molecule has 2 aromatic heterocycles.